The number of carbonyl (C=O) groups is 1. The Morgan fingerprint density at radius 1 is 1.15 bits per heavy atom. The standard InChI is InChI=1S/C20H11Cl2F4N3O4S/c21-9-5-15(29-34(31,32)10-1-2-12(22)11(6-10)20(24,25)26)17(27-7-9)18(30)16-13(23)3-4-14-19(16)33-8-28-14/h1-7,28-29H,8H2. The van der Waals surface area contributed by atoms with Gasteiger partial charge in [-0.2, -0.15) is 13.2 Å². The zero-order valence-corrected chi connectivity index (χ0v) is 18.8. The lowest BCUT2D eigenvalue weighted by molar-refractivity contribution is -0.137. The first kappa shape index (κ1) is 24.0. The minimum Gasteiger partial charge on any atom is -0.470 e. The topological polar surface area (TPSA) is 97.4 Å². The molecule has 0 saturated heterocycles. The summed E-state index contributed by atoms with van der Waals surface area (Å²) in [6, 6.07) is 5.34. The third kappa shape index (κ3) is 4.48. The molecule has 2 N–H and O–H groups in total. The largest absolute Gasteiger partial charge is 0.470 e. The molecule has 0 bridgehead atoms. The van der Waals surface area contributed by atoms with Crippen molar-refractivity contribution in [1.29, 1.82) is 0 Å². The molecular weight excluding hydrogens is 525 g/mol. The van der Waals surface area contributed by atoms with Gasteiger partial charge in [0.15, 0.2) is 12.5 Å². The number of fused-ring (bicyclic) bond motifs is 1. The molecule has 2 aromatic carbocycles. The summed E-state index contributed by atoms with van der Waals surface area (Å²) in [5.74, 6) is -2.09. The van der Waals surface area contributed by atoms with Crippen LogP contribution in [0.3, 0.4) is 0 Å². The number of alkyl halides is 3. The van der Waals surface area contributed by atoms with E-state index in [4.69, 9.17) is 27.9 Å². The fourth-order valence-corrected chi connectivity index (χ4v) is 4.62. The lowest BCUT2D eigenvalue weighted by atomic mass is 10.0. The van der Waals surface area contributed by atoms with Crippen molar-refractivity contribution in [2.75, 3.05) is 16.8 Å². The van der Waals surface area contributed by atoms with Gasteiger partial charge in [0.25, 0.3) is 10.0 Å². The predicted molar refractivity (Wildman–Crippen MR) is 115 cm³/mol. The molecule has 0 radical (unpaired) electrons. The molecule has 0 saturated carbocycles. The van der Waals surface area contributed by atoms with Crippen LogP contribution in [0, 0.1) is 5.82 Å². The average Bonchev–Trinajstić information content (AvgIpc) is 3.21. The Hall–Kier alpha value is -3.09. The highest BCUT2D eigenvalue weighted by Gasteiger charge is 2.35. The molecule has 0 unspecified atom stereocenters. The summed E-state index contributed by atoms with van der Waals surface area (Å²) in [6.07, 6.45) is -3.89. The Labute approximate surface area is 199 Å². The van der Waals surface area contributed by atoms with Crippen molar-refractivity contribution in [3.8, 4) is 5.75 Å². The van der Waals surface area contributed by atoms with Crippen molar-refractivity contribution in [3.63, 3.8) is 0 Å². The number of aromatic nitrogens is 1. The van der Waals surface area contributed by atoms with Crippen molar-refractivity contribution < 1.29 is 35.5 Å². The van der Waals surface area contributed by atoms with E-state index in [9.17, 15) is 30.8 Å². The molecule has 178 valence electrons. The van der Waals surface area contributed by atoms with Crippen LogP contribution in [0.4, 0.5) is 28.9 Å². The molecule has 7 nitrogen and oxygen atoms in total. The van der Waals surface area contributed by atoms with E-state index in [1.807, 2.05) is 4.72 Å². The number of hydrogen-bond acceptors (Lipinski definition) is 6. The van der Waals surface area contributed by atoms with Gasteiger partial charge in [-0.1, -0.05) is 23.2 Å². The summed E-state index contributed by atoms with van der Waals surface area (Å²) in [5.41, 5.74) is -2.58. The number of carbonyl (C=O) groups excluding carboxylic acids is 1. The number of benzene rings is 2. The Morgan fingerprint density at radius 3 is 2.59 bits per heavy atom. The van der Waals surface area contributed by atoms with Gasteiger partial charge in [-0.25, -0.2) is 17.8 Å². The summed E-state index contributed by atoms with van der Waals surface area (Å²) in [4.78, 5) is 16.2. The van der Waals surface area contributed by atoms with Gasteiger partial charge in [0.1, 0.15) is 17.1 Å². The van der Waals surface area contributed by atoms with Crippen molar-refractivity contribution >= 4 is 50.4 Å². The molecule has 34 heavy (non-hydrogen) atoms. The summed E-state index contributed by atoms with van der Waals surface area (Å²) >= 11 is 11.4. The molecule has 4 rings (SSSR count). The van der Waals surface area contributed by atoms with Gasteiger partial charge in [-0.3, -0.25) is 9.52 Å². The van der Waals surface area contributed by atoms with Crippen LogP contribution < -0.4 is 14.8 Å². The van der Waals surface area contributed by atoms with Crippen LogP contribution in [0.2, 0.25) is 10.0 Å². The van der Waals surface area contributed by atoms with Gasteiger partial charge in [-0.05, 0) is 36.4 Å². The summed E-state index contributed by atoms with van der Waals surface area (Å²) < 4.78 is 87.0. The lowest BCUT2D eigenvalue weighted by Gasteiger charge is -2.15. The normalized spacial score (nSPS) is 13.1. The zero-order valence-electron chi connectivity index (χ0n) is 16.5. The van der Waals surface area contributed by atoms with E-state index in [1.54, 1.807) is 0 Å². The van der Waals surface area contributed by atoms with Crippen LogP contribution in [-0.2, 0) is 16.2 Å². The van der Waals surface area contributed by atoms with Gasteiger partial charge < -0.3 is 10.1 Å². The Balaban J connectivity index is 1.78. The lowest BCUT2D eigenvalue weighted by Crippen LogP contribution is -2.18. The van der Waals surface area contributed by atoms with E-state index in [0.29, 0.717) is 11.8 Å². The highest BCUT2D eigenvalue weighted by molar-refractivity contribution is 7.92. The molecule has 1 aliphatic heterocycles. The molecule has 0 spiro atoms. The monoisotopic (exact) mass is 535 g/mol. The van der Waals surface area contributed by atoms with Gasteiger partial charge in [0, 0.05) is 6.20 Å². The average molecular weight is 536 g/mol. The maximum atomic E-state index is 14.5. The third-order valence-electron chi connectivity index (χ3n) is 4.68. The van der Waals surface area contributed by atoms with Crippen LogP contribution in [0.1, 0.15) is 21.6 Å². The van der Waals surface area contributed by atoms with Crippen molar-refractivity contribution in [1.82, 2.24) is 4.98 Å². The fourth-order valence-electron chi connectivity index (χ4n) is 3.15. The first-order valence-corrected chi connectivity index (χ1v) is 11.4. The summed E-state index contributed by atoms with van der Waals surface area (Å²) in [6.45, 7) is -0.0231. The molecule has 0 amide bonds. The minimum absolute atomic E-state index is 0.0231. The number of sulfonamides is 1. The van der Waals surface area contributed by atoms with E-state index < -0.39 is 60.2 Å². The second-order valence-electron chi connectivity index (χ2n) is 6.89. The second-order valence-corrected chi connectivity index (χ2v) is 9.41. The SMILES string of the molecule is O=C(c1ncc(Cl)cc1NS(=O)(=O)c1ccc(Cl)c(C(F)(F)F)c1)c1c(F)ccc2c1OCN2. The van der Waals surface area contributed by atoms with Crippen LogP contribution in [0.15, 0.2) is 47.5 Å². The zero-order chi connectivity index (χ0) is 24.8. The molecule has 0 atom stereocenters. The molecular formula is C20H11Cl2F4N3O4S. The van der Waals surface area contributed by atoms with E-state index in [-0.39, 0.29) is 17.5 Å². The Bertz CT molecular complexity index is 1430. The van der Waals surface area contributed by atoms with Crippen molar-refractivity contribution in [2.45, 2.75) is 11.1 Å². The summed E-state index contributed by atoms with van der Waals surface area (Å²) in [5, 5.41) is 1.98. The maximum Gasteiger partial charge on any atom is 0.417 e. The number of rotatable bonds is 5. The van der Waals surface area contributed by atoms with Crippen molar-refractivity contribution in [2.24, 2.45) is 0 Å². The van der Waals surface area contributed by atoms with Crippen LogP contribution in [-0.4, -0.2) is 25.9 Å². The predicted octanol–water partition coefficient (Wildman–Crippen LogP) is 5.34. The first-order valence-electron chi connectivity index (χ1n) is 9.17. The maximum absolute atomic E-state index is 14.5. The van der Waals surface area contributed by atoms with E-state index in [0.717, 1.165) is 30.5 Å². The third-order valence-corrected chi connectivity index (χ3v) is 6.58. The van der Waals surface area contributed by atoms with Crippen LogP contribution >= 0.6 is 23.2 Å². The Morgan fingerprint density at radius 2 is 1.88 bits per heavy atom. The highest BCUT2D eigenvalue weighted by atomic mass is 35.5. The van der Waals surface area contributed by atoms with Gasteiger partial charge >= 0.3 is 6.18 Å². The molecule has 1 aromatic heterocycles. The Kier molecular flexibility index (Phi) is 6.08. The number of nitrogens with zero attached hydrogens (tertiary/aromatic N) is 1. The first-order chi connectivity index (χ1) is 15.9. The number of nitrogens with one attached hydrogen (secondary N) is 2. The quantitative estimate of drug-likeness (QED) is 0.338. The summed E-state index contributed by atoms with van der Waals surface area (Å²) in [7, 11) is -4.69. The van der Waals surface area contributed by atoms with E-state index >= 15 is 0 Å². The molecule has 3 aromatic rings. The van der Waals surface area contributed by atoms with Crippen LogP contribution in [0.25, 0.3) is 0 Å². The smallest absolute Gasteiger partial charge is 0.417 e. The van der Waals surface area contributed by atoms with Crippen LogP contribution in [0.5, 0.6) is 5.75 Å². The second kappa shape index (κ2) is 8.60. The fraction of sp³-hybridized carbons (Fsp3) is 0.100. The number of hydrogen-bond donors (Lipinski definition) is 2. The van der Waals surface area contributed by atoms with Gasteiger partial charge in [0.2, 0.25) is 5.78 Å². The van der Waals surface area contributed by atoms with E-state index in [2.05, 4.69) is 10.3 Å². The highest BCUT2D eigenvalue weighted by Crippen LogP contribution is 2.38. The van der Waals surface area contributed by atoms with Gasteiger partial charge in [0.05, 0.1) is 31.9 Å². The number of anilines is 2. The molecule has 2 heterocycles. The van der Waals surface area contributed by atoms with Crippen molar-refractivity contribution in [3.05, 3.63) is 75.3 Å². The number of pyridine rings is 1. The number of halogens is 6. The molecule has 14 heteroatoms. The van der Waals surface area contributed by atoms with E-state index in [1.165, 1.54) is 6.07 Å². The molecule has 0 aliphatic carbocycles. The minimum atomic E-state index is -4.92. The molecule has 0 fully saturated rings. The number of ketones is 1. The molecule has 1 aliphatic rings. The number of ether oxygens (including phenoxy) is 1. The van der Waals surface area contributed by atoms with Gasteiger partial charge in [-0.15, -0.1) is 0 Å².